The summed E-state index contributed by atoms with van der Waals surface area (Å²) in [5, 5.41) is 11.0. The minimum Gasteiger partial charge on any atom is -0.480 e. The van der Waals surface area contributed by atoms with E-state index in [0.29, 0.717) is 5.56 Å². The molecule has 1 aromatic carbocycles. The number of carbonyl (C=O) groups is 2. The Hall–Kier alpha value is -2.00. The monoisotopic (exact) mass is 356 g/mol. The van der Waals surface area contributed by atoms with Gasteiger partial charge in [0.2, 0.25) is 18.0 Å². The molecule has 0 spiro atoms. The van der Waals surface area contributed by atoms with Crippen LogP contribution >= 0.6 is 11.9 Å². The van der Waals surface area contributed by atoms with E-state index in [9.17, 15) is 18.9 Å². The Morgan fingerprint density at radius 2 is 2.08 bits per heavy atom. The Morgan fingerprint density at radius 1 is 1.42 bits per heavy atom. The number of nitrogens with one attached hydrogen (secondary N) is 1. The van der Waals surface area contributed by atoms with Crippen molar-refractivity contribution in [3.8, 4) is 0 Å². The van der Waals surface area contributed by atoms with E-state index in [0.717, 1.165) is 22.2 Å². The zero-order valence-corrected chi connectivity index (χ0v) is 14.0. The minimum absolute atomic E-state index is 0.0457. The summed E-state index contributed by atoms with van der Waals surface area (Å²) in [6, 6.07) is 2.34. The SMILES string of the molecule is CC1S[N+](=O)C(C)C1c1cc(F)cc(C(=O)NC[C@@H](N)C(=O)O)c1. The van der Waals surface area contributed by atoms with E-state index in [1.807, 2.05) is 6.92 Å². The predicted molar refractivity (Wildman–Crippen MR) is 87.2 cm³/mol. The summed E-state index contributed by atoms with van der Waals surface area (Å²) in [5.41, 5.74) is 5.95. The number of nitroso groups, excluding NO2 is 1. The number of carboxylic acids is 1. The summed E-state index contributed by atoms with van der Waals surface area (Å²) >= 11 is 1.14. The number of nitrogens with two attached hydrogens (primary N) is 1. The van der Waals surface area contributed by atoms with Crippen LogP contribution in [0.3, 0.4) is 0 Å². The lowest BCUT2D eigenvalue weighted by atomic mass is 9.89. The van der Waals surface area contributed by atoms with Crippen molar-refractivity contribution in [2.75, 3.05) is 6.54 Å². The average molecular weight is 356 g/mol. The van der Waals surface area contributed by atoms with Crippen LogP contribution in [0.15, 0.2) is 18.2 Å². The minimum atomic E-state index is -1.24. The van der Waals surface area contributed by atoms with Gasteiger partial charge < -0.3 is 16.2 Å². The van der Waals surface area contributed by atoms with Gasteiger partial charge in [0.15, 0.2) is 0 Å². The molecule has 2 rings (SSSR count). The molecule has 1 saturated heterocycles. The lowest BCUT2D eigenvalue weighted by molar-refractivity contribution is -0.409. The molecule has 4 N–H and O–H groups in total. The molecular weight excluding hydrogens is 337 g/mol. The van der Waals surface area contributed by atoms with Crippen LogP contribution in [0.4, 0.5) is 4.39 Å². The van der Waals surface area contributed by atoms with E-state index in [-0.39, 0.29) is 29.3 Å². The quantitative estimate of drug-likeness (QED) is 0.541. The molecule has 1 aromatic rings. The first kappa shape index (κ1) is 18.3. The molecule has 24 heavy (non-hydrogen) atoms. The number of nitrogens with zero attached hydrogens (tertiary/aromatic N) is 1. The number of carbonyl (C=O) groups excluding carboxylic acids is 1. The first-order valence-electron chi connectivity index (χ1n) is 7.41. The van der Waals surface area contributed by atoms with Crippen molar-refractivity contribution in [1.29, 1.82) is 0 Å². The zero-order chi connectivity index (χ0) is 18.0. The molecule has 130 valence electrons. The Morgan fingerprint density at radius 3 is 2.62 bits per heavy atom. The molecule has 1 amide bonds. The highest BCUT2D eigenvalue weighted by Gasteiger charge is 2.47. The third-order valence-corrected chi connectivity index (χ3v) is 5.16. The molecule has 1 fully saturated rings. The van der Waals surface area contributed by atoms with E-state index >= 15 is 0 Å². The highest BCUT2D eigenvalue weighted by atomic mass is 32.2. The molecule has 7 nitrogen and oxygen atoms in total. The summed E-state index contributed by atoms with van der Waals surface area (Å²) in [6.07, 6.45) is 0. The van der Waals surface area contributed by atoms with Gasteiger partial charge >= 0.3 is 5.97 Å². The maximum atomic E-state index is 13.9. The molecule has 0 radical (unpaired) electrons. The molecule has 3 unspecified atom stereocenters. The largest absolute Gasteiger partial charge is 0.480 e. The number of hydrogen-bond donors (Lipinski definition) is 3. The molecule has 0 aliphatic carbocycles. The van der Waals surface area contributed by atoms with Crippen LogP contribution < -0.4 is 11.1 Å². The Kier molecular flexibility index (Phi) is 5.55. The Bertz CT molecular complexity index is 685. The molecule has 1 aliphatic rings. The fourth-order valence-electron chi connectivity index (χ4n) is 2.73. The molecule has 9 heteroatoms. The van der Waals surface area contributed by atoms with E-state index in [4.69, 9.17) is 10.8 Å². The highest BCUT2D eigenvalue weighted by Crippen LogP contribution is 2.41. The van der Waals surface area contributed by atoms with Gasteiger partial charge in [-0.1, -0.05) is 0 Å². The zero-order valence-electron chi connectivity index (χ0n) is 13.2. The summed E-state index contributed by atoms with van der Waals surface area (Å²) < 4.78 is 14.8. The molecule has 0 bridgehead atoms. The molecular formula is C15H19FN3O4S+. The fourth-order valence-corrected chi connectivity index (χ4v) is 3.89. The second kappa shape index (κ2) is 7.27. The van der Waals surface area contributed by atoms with Crippen molar-refractivity contribution in [3.63, 3.8) is 0 Å². The summed E-state index contributed by atoms with van der Waals surface area (Å²) in [4.78, 5) is 34.5. The highest BCUT2D eigenvalue weighted by molar-refractivity contribution is 7.94. The smallest absolute Gasteiger partial charge is 0.322 e. The van der Waals surface area contributed by atoms with Crippen molar-refractivity contribution in [2.24, 2.45) is 5.73 Å². The van der Waals surface area contributed by atoms with E-state index < -0.39 is 23.7 Å². The molecule has 0 saturated carbocycles. The van der Waals surface area contributed by atoms with E-state index in [2.05, 4.69) is 5.32 Å². The lowest BCUT2D eigenvalue weighted by Gasteiger charge is -2.14. The van der Waals surface area contributed by atoms with Crippen LogP contribution in [-0.4, -0.2) is 45.0 Å². The number of aliphatic carboxylic acids is 1. The van der Waals surface area contributed by atoms with E-state index in [1.165, 1.54) is 12.1 Å². The number of amides is 1. The second-order valence-corrected chi connectivity index (χ2v) is 7.10. The van der Waals surface area contributed by atoms with Crippen LogP contribution in [0.5, 0.6) is 0 Å². The standard InChI is InChI=1S/C15H18FN3O4S/c1-7-13(8(2)24-19(7)23)9-3-10(5-11(16)4-9)14(20)18-6-12(17)15(21)22/h3-5,7-8,12-13H,6,17H2,1-2H3,(H-,18,20,21,22)/p+1/t7?,8?,12-,13?/m1/s1. The van der Waals surface area contributed by atoms with Gasteiger partial charge in [-0.3, -0.25) is 9.59 Å². The Balaban J connectivity index is 2.21. The normalized spacial score (nSPS) is 24.7. The van der Waals surface area contributed by atoms with Crippen molar-refractivity contribution in [3.05, 3.63) is 40.1 Å². The first-order chi connectivity index (χ1) is 11.2. The van der Waals surface area contributed by atoms with Crippen LogP contribution in [0, 0.1) is 10.7 Å². The maximum Gasteiger partial charge on any atom is 0.322 e. The fraction of sp³-hybridized carbons (Fsp3) is 0.467. The van der Waals surface area contributed by atoms with Crippen LogP contribution in [0.2, 0.25) is 0 Å². The third kappa shape index (κ3) is 3.90. The van der Waals surface area contributed by atoms with Crippen molar-refractivity contribution in [2.45, 2.75) is 37.1 Å². The number of benzene rings is 1. The van der Waals surface area contributed by atoms with Gasteiger partial charge in [-0.05, 0) is 30.7 Å². The van der Waals surface area contributed by atoms with Gasteiger partial charge in [-0.25, -0.2) is 4.39 Å². The number of rotatable bonds is 5. The summed E-state index contributed by atoms with van der Waals surface area (Å²) in [7, 11) is 0. The van der Waals surface area contributed by atoms with Gasteiger partial charge in [0.1, 0.15) is 11.9 Å². The van der Waals surface area contributed by atoms with Crippen LogP contribution in [0.25, 0.3) is 0 Å². The first-order valence-corrected chi connectivity index (χ1v) is 8.24. The Labute approximate surface area is 142 Å². The number of carboxylic acid groups (broad SMARTS) is 1. The van der Waals surface area contributed by atoms with Gasteiger partial charge in [0.25, 0.3) is 5.91 Å². The van der Waals surface area contributed by atoms with Crippen LogP contribution in [0.1, 0.15) is 35.7 Å². The van der Waals surface area contributed by atoms with Gasteiger partial charge in [-0.15, -0.1) is 0 Å². The topological polar surface area (TPSA) is 113 Å². The average Bonchev–Trinajstić information content (AvgIpc) is 2.76. The molecule has 1 heterocycles. The number of halogens is 1. The van der Waals surface area contributed by atoms with Crippen molar-refractivity contribution < 1.29 is 23.3 Å². The van der Waals surface area contributed by atoms with Crippen molar-refractivity contribution >= 4 is 23.8 Å². The van der Waals surface area contributed by atoms with Crippen LogP contribution in [-0.2, 0) is 4.79 Å². The third-order valence-electron chi connectivity index (χ3n) is 4.00. The van der Waals surface area contributed by atoms with Gasteiger partial charge in [-0.2, -0.15) is 0 Å². The number of hydrogen-bond acceptors (Lipinski definition) is 5. The van der Waals surface area contributed by atoms with E-state index in [1.54, 1.807) is 6.92 Å². The van der Waals surface area contributed by atoms with Gasteiger partial charge in [0.05, 0.1) is 15.3 Å². The second-order valence-electron chi connectivity index (χ2n) is 5.79. The lowest BCUT2D eigenvalue weighted by Crippen LogP contribution is -2.42. The van der Waals surface area contributed by atoms with Gasteiger partial charge in [0, 0.05) is 23.9 Å². The summed E-state index contributed by atoms with van der Waals surface area (Å²) in [6.45, 7) is 3.37. The predicted octanol–water partition coefficient (Wildman–Crippen LogP) is 1.27. The van der Waals surface area contributed by atoms with Crippen molar-refractivity contribution in [1.82, 2.24) is 5.32 Å². The molecule has 1 aliphatic heterocycles. The molecule has 4 atom stereocenters. The summed E-state index contributed by atoms with van der Waals surface area (Å²) in [5.74, 6) is -2.65. The molecule has 0 aromatic heterocycles. The maximum absolute atomic E-state index is 13.9.